The highest BCUT2D eigenvalue weighted by molar-refractivity contribution is 6.35. The normalized spacial score (nSPS) is 14.2. The number of halogens is 2. The lowest BCUT2D eigenvalue weighted by Crippen LogP contribution is -2.36. The van der Waals surface area contributed by atoms with E-state index in [4.69, 9.17) is 27.9 Å². The highest BCUT2D eigenvalue weighted by Gasteiger charge is 2.23. The van der Waals surface area contributed by atoms with E-state index in [1.807, 2.05) is 4.90 Å². The number of carbonyl (C=O) groups excluding carboxylic acids is 1. The van der Waals surface area contributed by atoms with Gasteiger partial charge in [0.2, 0.25) is 0 Å². The highest BCUT2D eigenvalue weighted by atomic mass is 35.5. The van der Waals surface area contributed by atoms with Crippen LogP contribution in [0.1, 0.15) is 10.4 Å². The molecule has 1 saturated heterocycles. The number of rotatable bonds is 4. The quantitative estimate of drug-likeness (QED) is 0.624. The van der Waals surface area contributed by atoms with Crippen LogP contribution in [0.15, 0.2) is 36.4 Å². The Balaban J connectivity index is 1.88. The fourth-order valence-electron chi connectivity index (χ4n) is 2.67. The molecular weight excluding hydrogens is 381 g/mol. The van der Waals surface area contributed by atoms with Crippen LogP contribution >= 0.6 is 23.2 Å². The second kappa shape index (κ2) is 7.90. The molecule has 2 aromatic rings. The second-order valence-electron chi connectivity index (χ2n) is 5.64. The first-order chi connectivity index (χ1) is 12.5. The van der Waals surface area contributed by atoms with E-state index in [1.165, 1.54) is 12.1 Å². The molecule has 0 atom stereocenters. The lowest BCUT2D eigenvalue weighted by Gasteiger charge is -2.28. The van der Waals surface area contributed by atoms with Crippen molar-refractivity contribution < 1.29 is 14.5 Å². The number of amides is 1. The number of ether oxygens (including phenoxy) is 1. The van der Waals surface area contributed by atoms with Crippen molar-refractivity contribution in [3.05, 3.63) is 62.1 Å². The second-order valence-corrected chi connectivity index (χ2v) is 6.48. The molecule has 26 heavy (non-hydrogen) atoms. The van der Waals surface area contributed by atoms with Crippen LogP contribution < -0.4 is 10.2 Å². The van der Waals surface area contributed by atoms with Gasteiger partial charge in [0.1, 0.15) is 5.69 Å². The lowest BCUT2D eigenvalue weighted by molar-refractivity contribution is -0.384. The minimum absolute atomic E-state index is 0.128. The summed E-state index contributed by atoms with van der Waals surface area (Å²) in [5, 5.41) is 14.8. The SMILES string of the molecule is O=C(Nc1cc(Cl)ccc1Cl)c1ccc(N2CCOCC2)c([N+](=O)[O-])c1. The van der Waals surface area contributed by atoms with Gasteiger partial charge in [-0.15, -0.1) is 0 Å². The van der Waals surface area contributed by atoms with Crippen LogP contribution in [0.5, 0.6) is 0 Å². The third kappa shape index (κ3) is 4.07. The molecule has 1 aliphatic rings. The van der Waals surface area contributed by atoms with Gasteiger partial charge in [-0.25, -0.2) is 0 Å². The third-order valence-electron chi connectivity index (χ3n) is 3.96. The first kappa shape index (κ1) is 18.4. The molecule has 0 aliphatic carbocycles. The summed E-state index contributed by atoms with van der Waals surface area (Å²) in [5.74, 6) is -0.509. The summed E-state index contributed by atoms with van der Waals surface area (Å²) in [6.07, 6.45) is 0. The van der Waals surface area contributed by atoms with Crippen LogP contribution in [0.2, 0.25) is 10.0 Å². The molecule has 1 amide bonds. The van der Waals surface area contributed by atoms with Crippen molar-refractivity contribution in [3.8, 4) is 0 Å². The van der Waals surface area contributed by atoms with Crippen molar-refractivity contribution in [2.45, 2.75) is 0 Å². The van der Waals surface area contributed by atoms with Gasteiger partial charge in [0.15, 0.2) is 0 Å². The predicted octanol–water partition coefficient (Wildman–Crippen LogP) is 3.99. The van der Waals surface area contributed by atoms with Crippen molar-refractivity contribution in [2.75, 3.05) is 36.5 Å². The van der Waals surface area contributed by atoms with Crippen LogP contribution in [-0.4, -0.2) is 37.1 Å². The zero-order valence-corrected chi connectivity index (χ0v) is 15.1. The minimum Gasteiger partial charge on any atom is -0.378 e. The van der Waals surface area contributed by atoms with Crippen LogP contribution in [-0.2, 0) is 4.74 Å². The van der Waals surface area contributed by atoms with E-state index in [1.54, 1.807) is 24.3 Å². The zero-order valence-electron chi connectivity index (χ0n) is 13.6. The van der Waals surface area contributed by atoms with E-state index in [2.05, 4.69) is 5.32 Å². The van der Waals surface area contributed by atoms with Gasteiger partial charge >= 0.3 is 0 Å². The van der Waals surface area contributed by atoms with Gasteiger partial charge in [0.05, 0.1) is 28.8 Å². The van der Waals surface area contributed by atoms with Gasteiger partial charge in [-0.05, 0) is 30.3 Å². The molecule has 0 radical (unpaired) electrons. The molecule has 0 unspecified atom stereocenters. The molecule has 3 rings (SSSR count). The molecule has 2 aromatic carbocycles. The number of hydrogen-bond donors (Lipinski definition) is 1. The summed E-state index contributed by atoms with van der Waals surface area (Å²) in [6.45, 7) is 2.13. The van der Waals surface area contributed by atoms with Crippen LogP contribution in [0.4, 0.5) is 17.1 Å². The molecule has 0 aromatic heterocycles. The standard InChI is InChI=1S/C17H15Cl2N3O4/c18-12-2-3-13(19)14(10-12)20-17(23)11-1-4-15(16(9-11)22(24)25)21-5-7-26-8-6-21/h1-4,9-10H,5-8H2,(H,20,23). The molecule has 1 heterocycles. The van der Waals surface area contributed by atoms with E-state index in [-0.39, 0.29) is 11.3 Å². The molecule has 0 bridgehead atoms. The third-order valence-corrected chi connectivity index (χ3v) is 4.53. The Kier molecular flexibility index (Phi) is 5.61. The maximum absolute atomic E-state index is 12.5. The Labute approximate surface area is 159 Å². The number of nitrogens with zero attached hydrogens (tertiary/aromatic N) is 2. The van der Waals surface area contributed by atoms with Gasteiger partial charge in [0.25, 0.3) is 11.6 Å². The Morgan fingerprint density at radius 1 is 1.15 bits per heavy atom. The number of nitro groups is 1. The summed E-state index contributed by atoms with van der Waals surface area (Å²) in [7, 11) is 0. The molecular formula is C17H15Cl2N3O4. The van der Waals surface area contributed by atoms with Crippen LogP contribution in [0.25, 0.3) is 0 Å². The molecule has 7 nitrogen and oxygen atoms in total. The zero-order chi connectivity index (χ0) is 18.7. The van der Waals surface area contributed by atoms with E-state index >= 15 is 0 Å². The Hall–Kier alpha value is -2.35. The van der Waals surface area contributed by atoms with Gasteiger partial charge in [-0.2, -0.15) is 0 Å². The summed E-state index contributed by atoms with van der Waals surface area (Å²) >= 11 is 11.9. The van der Waals surface area contributed by atoms with Gasteiger partial charge in [-0.1, -0.05) is 23.2 Å². The number of morpholine rings is 1. The Morgan fingerprint density at radius 2 is 1.88 bits per heavy atom. The van der Waals surface area contributed by atoms with E-state index in [9.17, 15) is 14.9 Å². The molecule has 1 fully saturated rings. The Bertz CT molecular complexity index is 854. The first-order valence-electron chi connectivity index (χ1n) is 7.83. The largest absolute Gasteiger partial charge is 0.378 e. The fourth-order valence-corrected chi connectivity index (χ4v) is 3.01. The van der Waals surface area contributed by atoms with Crippen molar-refractivity contribution >= 4 is 46.2 Å². The van der Waals surface area contributed by atoms with Crippen molar-refractivity contribution in [1.82, 2.24) is 0 Å². The topological polar surface area (TPSA) is 84.7 Å². The van der Waals surface area contributed by atoms with Crippen molar-refractivity contribution in [3.63, 3.8) is 0 Å². The summed E-state index contributed by atoms with van der Waals surface area (Å²) in [4.78, 5) is 25.3. The highest BCUT2D eigenvalue weighted by Crippen LogP contribution is 2.31. The summed E-state index contributed by atoms with van der Waals surface area (Å²) in [5.41, 5.74) is 0.834. The average molecular weight is 396 g/mol. The fraction of sp³-hybridized carbons (Fsp3) is 0.235. The van der Waals surface area contributed by atoms with E-state index in [0.29, 0.717) is 47.7 Å². The Morgan fingerprint density at radius 3 is 2.58 bits per heavy atom. The van der Waals surface area contributed by atoms with Crippen molar-refractivity contribution in [1.29, 1.82) is 0 Å². The van der Waals surface area contributed by atoms with Crippen molar-refractivity contribution in [2.24, 2.45) is 0 Å². The summed E-state index contributed by atoms with van der Waals surface area (Å²) < 4.78 is 5.27. The lowest BCUT2D eigenvalue weighted by atomic mass is 10.1. The number of benzene rings is 2. The molecule has 1 N–H and O–H groups in total. The molecule has 136 valence electrons. The number of hydrogen-bond acceptors (Lipinski definition) is 5. The average Bonchev–Trinajstić information content (AvgIpc) is 2.65. The first-order valence-corrected chi connectivity index (χ1v) is 8.59. The molecule has 0 spiro atoms. The predicted molar refractivity (Wildman–Crippen MR) is 101 cm³/mol. The smallest absolute Gasteiger partial charge is 0.293 e. The summed E-state index contributed by atoms with van der Waals surface area (Å²) in [6, 6.07) is 9.06. The van der Waals surface area contributed by atoms with Crippen LogP contribution in [0.3, 0.4) is 0 Å². The number of anilines is 2. The van der Waals surface area contributed by atoms with Gasteiger partial charge in [0, 0.05) is 29.7 Å². The van der Waals surface area contributed by atoms with Gasteiger partial charge < -0.3 is 15.0 Å². The molecule has 9 heteroatoms. The van der Waals surface area contributed by atoms with Gasteiger partial charge in [-0.3, -0.25) is 14.9 Å². The van der Waals surface area contributed by atoms with E-state index < -0.39 is 10.8 Å². The number of carbonyl (C=O) groups is 1. The molecule has 1 aliphatic heterocycles. The minimum atomic E-state index is -0.509. The maximum atomic E-state index is 12.5. The maximum Gasteiger partial charge on any atom is 0.293 e. The monoisotopic (exact) mass is 395 g/mol. The molecule has 0 saturated carbocycles. The van der Waals surface area contributed by atoms with E-state index in [0.717, 1.165) is 0 Å². The van der Waals surface area contributed by atoms with Crippen LogP contribution in [0, 0.1) is 10.1 Å². The number of nitrogens with one attached hydrogen (secondary N) is 1. The number of nitro benzene ring substituents is 1.